The fourth-order valence-electron chi connectivity index (χ4n) is 18.2. The number of hydrogen-bond acceptors (Lipinski definition) is 6. The van der Waals surface area contributed by atoms with Crippen molar-refractivity contribution in [3.8, 4) is 89.0 Å². The molecule has 0 aliphatic rings. The maximum absolute atomic E-state index is 6.83. The van der Waals surface area contributed by atoms with Crippen molar-refractivity contribution in [1.82, 2.24) is 0 Å². The van der Waals surface area contributed by atoms with Crippen molar-refractivity contribution in [3.63, 3.8) is 0 Å². The maximum Gasteiger partial charge on any atom is 0.136 e. The average Bonchev–Trinajstić information content (AvgIpc) is 1.71. The second-order valence-corrected chi connectivity index (χ2v) is 31.5. The van der Waals surface area contributed by atoms with Gasteiger partial charge in [-0.3, -0.25) is 0 Å². The largest absolute Gasteiger partial charge is 0.456 e. The zero-order valence-corrected chi connectivity index (χ0v) is 64.9. The first-order chi connectivity index (χ1) is 59.3. The van der Waals surface area contributed by atoms with E-state index in [0.717, 1.165) is 200 Å². The van der Waals surface area contributed by atoms with E-state index < -0.39 is 0 Å². The first kappa shape index (κ1) is 68.4. The van der Waals surface area contributed by atoms with Gasteiger partial charge in [-0.15, -0.1) is 0 Å². The molecule has 24 rings (SSSR count). The Kier molecular flexibility index (Phi) is 15.9. The average molecular weight is 1530 g/mol. The summed E-state index contributed by atoms with van der Waals surface area (Å²) >= 11 is 0. The summed E-state index contributed by atoms with van der Waals surface area (Å²) in [7, 11) is 0. The highest BCUT2D eigenvalue weighted by Gasteiger charge is 2.22. The van der Waals surface area contributed by atoms with Crippen molar-refractivity contribution in [2.24, 2.45) is 0 Å². The summed E-state index contributed by atoms with van der Waals surface area (Å²) in [4.78, 5) is 4.73. The van der Waals surface area contributed by atoms with Crippen LogP contribution < -0.4 is 9.80 Å². The molecule has 0 saturated carbocycles. The second kappa shape index (κ2) is 27.9. The van der Waals surface area contributed by atoms with E-state index in [4.69, 9.17) is 17.7 Å². The highest BCUT2D eigenvalue weighted by atomic mass is 16.3. The Hall–Kier alpha value is -16.0. The van der Waals surface area contributed by atoms with E-state index in [0.29, 0.717) is 0 Å². The van der Waals surface area contributed by atoms with Crippen molar-refractivity contribution >= 4 is 154 Å². The molecule has 0 unspecified atom stereocenters. The van der Waals surface area contributed by atoms with Crippen molar-refractivity contribution in [3.05, 3.63) is 425 Å². The highest BCUT2D eigenvalue weighted by molar-refractivity contribution is 6.12. The summed E-state index contributed by atoms with van der Waals surface area (Å²) in [5.41, 5.74) is 30.8. The van der Waals surface area contributed by atoms with Gasteiger partial charge in [0.2, 0.25) is 0 Å². The molecule has 0 N–H and O–H groups in total. The molecule has 560 valence electrons. The lowest BCUT2D eigenvalue weighted by Crippen LogP contribution is -2.09. The van der Waals surface area contributed by atoms with Crippen LogP contribution in [-0.4, -0.2) is 0 Å². The van der Waals surface area contributed by atoms with Gasteiger partial charge in [-0.25, -0.2) is 0 Å². The minimum atomic E-state index is 0.814. The molecule has 0 saturated heterocycles. The minimum absolute atomic E-state index is 0.814. The van der Waals surface area contributed by atoms with E-state index in [1.54, 1.807) is 0 Å². The fraction of sp³-hybridized carbons (Fsp3) is 0. The van der Waals surface area contributed by atoms with Crippen LogP contribution in [0.25, 0.3) is 209 Å². The summed E-state index contributed by atoms with van der Waals surface area (Å²) in [5.74, 6) is 0. The molecule has 4 aromatic heterocycles. The second-order valence-electron chi connectivity index (χ2n) is 31.5. The number of anilines is 6. The monoisotopic (exact) mass is 1530 g/mol. The third kappa shape index (κ3) is 12.0. The Morgan fingerprint density at radius 3 is 0.708 bits per heavy atom. The van der Waals surface area contributed by atoms with Crippen molar-refractivity contribution in [1.29, 1.82) is 0 Å². The molecule has 120 heavy (non-hydrogen) atoms. The summed E-state index contributed by atoms with van der Waals surface area (Å²) in [6.07, 6.45) is 0. The van der Waals surface area contributed by atoms with Gasteiger partial charge >= 0.3 is 0 Å². The van der Waals surface area contributed by atoms with Crippen molar-refractivity contribution in [2.75, 3.05) is 9.80 Å². The molecule has 24 aromatic rings. The Morgan fingerprint density at radius 1 is 0.117 bits per heavy atom. The zero-order chi connectivity index (χ0) is 78.9. The molecule has 0 bridgehead atoms. The van der Waals surface area contributed by atoms with E-state index in [1.807, 2.05) is 24.3 Å². The van der Waals surface area contributed by atoms with Gasteiger partial charge in [-0.2, -0.15) is 0 Å². The van der Waals surface area contributed by atoms with Crippen LogP contribution in [0.1, 0.15) is 0 Å². The molecule has 4 heterocycles. The van der Waals surface area contributed by atoms with Crippen LogP contribution in [0.3, 0.4) is 0 Å². The lowest BCUT2D eigenvalue weighted by atomic mass is 9.92. The number of para-hydroxylation sites is 2. The van der Waals surface area contributed by atoms with E-state index in [-0.39, 0.29) is 0 Å². The normalized spacial score (nSPS) is 11.8. The van der Waals surface area contributed by atoms with Crippen molar-refractivity contribution < 1.29 is 17.7 Å². The van der Waals surface area contributed by atoms with Crippen LogP contribution in [0.4, 0.5) is 34.1 Å². The molecule has 0 fully saturated rings. The Bertz CT molecular complexity index is 8150. The van der Waals surface area contributed by atoms with Crippen LogP contribution in [0.5, 0.6) is 0 Å². The van der Waals surface area contributed by atoms with Crippen LogP contribution >= 0.6 is 0 Å². The lowest BCUT2D eigenvalue weighted by molar-refractivity contribution is 0.668. The predicted molar refractivity (Wildman–Crippen MR) is 501 cm³/mol. The van der Waals surface area contributed by atoms with Gasteiger partial charge in [-0.1, -0.05) is 231 Å². The molecule has 0 aliphatic heterocycles. The SMILES string of the molecule is c1ccc(-c2ccc(N(c3ccc(-c4cc(-c5ccc6oc7ccccc7c6c5)cc(-c5ccc6oc7cc(-c8ccc9c(c8)oc8ccc(-c%10cc(-c%11ccc(N(c%12ccc%13ccccc%13c%12)c%12ccc%13ccccc%13c%12)cc%11)cc(-c%11ccc%12oc%13ccccc%13c%12c%11)c%10)cc89)ccc7c6c5)c4)cc3)c3ccc4ccccc4c3)cc2)cc1. The van der Waals surface area contributed by atoms with Gasteiger partial charge in [0.15, 0.2) is 0 Å². The third-order valence-corrected chi connectivity index (χ3v) is 24.4. The molecular formula is C114H70N2O4. The third-order valence-electron chi connectivity index (χ3n) is 24.4. The molecule has 0 amide bonds. The highest BCUT2D eigenvalue weighted by Crippen LogP contribution is 2.47. The quantitative estimate of drug-likeness (QED) is 0.108. The topological polar surface area (TPSA) is 59.0 Å². The first-order valence-corrected chi connectivity index (χ1v) is 40.8. The molecule has 0 aliphatic carbocycles. The molecule has 6 nitrogen and oxygen atoms in total. The van der Waals surface area contributed by atoms with Gasteiger partial charge < -0.3 is 27.5 Å². The molecule has 0 radical (unpaired) electrons. The zero-order valence-electron chi connectivity index (χ0n) is 64.9. The van der Waals surface area contributed by atoms with Crippen LogP contribution in [0.2, 0.25) is 0 Å². The Balaban J connectivity index is 0.565. The predicted octanol–water partition coefficient (Wildman–Crippen LogP) is 33.0. The number of rotatable bonds is 14. The number of nitrogens with zero attached hydrogens (tertiary/aromatic N) is 2. The number of fused-ring (bicyclic) bond motifs is 15. The van der Waals surface area contributed by atoms with E-state index in [2.05, 4.69) is 410 Å². The minimum Gasteiger partial charge on any atom is -0.456 e. The molecular weight excluding hydrogens is 1460 g/mol. The Morgan fingerprint density at radius 2 is 0.350 bits per heavy atom. The molecule has 20 aromatic carbocycles. The van der Waals surface area contributed by atoms with Crippen LogP contribution in [0, 0.1) is 0 Å². The van der Waals surface area contributed by atoms with Gasteiger partial charge in [-0.05, 0) is 315 Å². The van der Waals surface area contributed by atoms with Gasteiger partial charge in [0.05, 0.1) is 0 Å². The van der Waals surface area contributed by atoms with Gasteiger partial charge in [0.1, 0.15) is 44.7 Å². The number of hydrogen-bond donors (Lipinski definition) is 0. The lowest BCUT2D eigenvalue weighted by Gasteiger charge is -2.26. The van der Waals surface area contributed by atoms with Gasteiger partial charge in [0, 0.05) is 77.2 Å². The maximum atomic E-state index is 6.83. The summed E-state index contributed by atoms with van der Waals surface area (Å²) in [5, 5.41) is 15.7. The standard InChI is InChI=1S/C114H70N2O4/c1-2-14-71(15-3-1)75-26-41-93(42-27-75)115(96-47-32-72-16-4-7-19-78(72)62-96)94-43-28-76(29-44-94)87-56-89(81-37-52-109-103(65-81)99-22-10-12-24-107(99)117-109)60-91(58-87)83-39-54-111-105(67-83)101-50-35-85(69-113(101)119-111)86-36-51-102-106-68-84(40-55-112(106)120-114(102)70-86)92-59-88(57-90(61-92)82-38-53-110-104(66-82)100-23-11-13-25-108(100)118-110)77-30-45-95(46-31-77)116(97-48-33-73-17-5-8-20-79(73)63-97)98-49-34-74-18-6-9-21-80(74)64-98/h1-70H. The molecule has 0 spiro atoms. The smallest absolute Gasteiger partial charge is 0.136 e. The molecule has 6 heteroatoms. The van der Waals surface area contributed by atoms with Crippen LogP contribution in [0.15, 0.2) is 442 Å². The Labute approximate surface area is 690 Å². The van der Waals surface area contributed by atoms with E-state index in [1.165, 1.54) is 43.4 Å². The number of furan rings is 4. The summed E-state index contributed by atoms with van der Waals surface area (Å²) < 4.78 is 26.4. The van der Waals surface area contributed by atoms with E-state index in [9.17, 15) is 0 Å². The first-order valence-electron chi connectivity index (χ1n) is 40.8. The van der Waals surface area contributed by atoms with Gasteiger partial charge in [0.25, 0.3) is 0 Å². The fourth-order valence-corrected chi connectivity index (χ4v) is 18.2. The molecule has 0 atom stereocenters. The number of benzene rings is 20. The van der Waals surface area contributed by atoms with Crippen molar-refractivity contribution in [2.45, 2.75) is 0 Å². The van der Waals surface area contributed by atoms with E-state index >= 15 is 0 Å². The summed E-state index contributed by atoms with van der Waals surface area (Å²) in [6, 6.07) is 154. The summed E-state index contributed by atoms with van der Waals surface area (Å²) in [6.45, 7) is 0. The van der Waals surface area contributed by atoms with Crippen LogP contribution in [-0.2, 0) is 0 Å².